The smallest absolute Gasteiger partial charge is 0.407 e. The van der Waals surface area contributed by atoms with Gasteiger partial charge < -0.3 is 15.0 Å². The van der Waals surface area contributed by atoms with Gasteiger partial charge in [0.2, 0.25) is 0 Å². The molecule has 1 aromatic carbocycles. The van der Waals surface area contributed by atoms with E-state index in [1.54, 1.807) is 0 Å². The summed E-state index contributed by atoms with van der Waals surface area (Å²) in [5, 5.41) is 2.64. The van der Waals surface area contributed by atoms with Crippen molar-refractivity contribution >= 4 is 17.1 Å². The number of imidazole rings is 1. The number of alkyl carbamates (subject to hydrolysis) is 1. The van der Waals surface area contributed by atoms with Crippen molar-refractivity contribution < 1.29 is 9.53 Å². The molecule has 2 aromatic rings. The van der Waals surface area contributed by atoms with Crippen LogP contribution >= 0.6 is 0 Å². The summed E-state index contributed by atoms with van der Waals surface area (Å²) in [5.41, 5.74) is 2.02. The molecule has 2 heterocycles. The quantitative estimate of drug-likeness (QED) is 0.843. The van der Waals surface area contributed by atoms with E-state index < -0.39 is 0 Å². The third-order valence-corrected chi connectivity index (χ3v) is 2.89. The average Bonchev–Trinajstić information content (AvgIpc) is 2.91. The standard InChI is InChI=1S/C12H13N3O2/c16-12-13-7-8(17-12)5-6-11-14-9-3-1-2-4-10(9)15-11/h1-4,8H,5-7H2,(H,13,16)(H,14,15). The molecule has 2 N–H and O–H groups in total. The number of carbonyl (C=O) groups excluding carboxylic acids is 1. The normalized spacial score (nSPS) is 19.3. The predicted octanol–water partition coefficient (Wildman–Crippen LogP) is 1.60. The van der Waals surface area contributed by atoms with Gasteiger partial charge in [0.15, 0.2) is 0 Å². The highest BCUT2D eigenvalue weighted by Gasteiger charge is 2.22. The zero-order chi connectivity index (χ0) is 11.7. The van der Waals surface area contributed by atoms with Crippen LogP contribution in [-0.2, 0) is 11.2 Å². The number of hydrogen-bond donors (Lipinski definition) is 2. The van der Waals surface area contributed by atoms with Crippen LogP contribution in [-0.4, -0.2) is 28.7 Å². The molecule has 1 saturated heterocycles. The number of benzene rings is 1. The summed E-state index contributed by atoms with van der Waals surface area (Å²) in [7, 11) is 0. The first-order chi connectivity index (χ1) is 8.31. The Labute approximate surface area is 98.2 Å². The lowest BCUT2D eigenvalue weighted by molar-refractivity contribution is 0.135. The minimum atomic E-state index is -0.320. The molecule has 1 aliphatic rings. The number of carbonyl (C=O) groups is 1. The van der Waals surface area contributed by atoms with Crippen LogP contribution in [0.3, 0.4) is 0 Å². The molecule has 5 heteroatoms. The molecule has 3 rings (SSSR count). The fraction of sp³-hybridized carbons (Fsp3) is 0.333. The summed E-state index contributed by atoms with van der Waals surface area (Å²) in [4.78, 5) is 18.6. The van der Waals surface area contributed by atoms with Crippen molar-refractivity contribution in [2.75, 3.05) is 6.54 Å². The van der Waals surface area contributed by atoms with Crippen LogP contribution in [0.15, 0.2) is 24.3 Å². The van der Waals surface area contributed by atoms with Crippen molar-refractivity contribution in [1.29, 1.82) is 0 Å². The van der Waals surface area contributed by atoms with Gasteiger partial charge in [-0.05, 0) is 18.6 Å². The molecule has 1 aliphatic heterocycles. The summed E-state index contributed by atoms with van der Waals surface area (Å²) < 4.78 is 5.07. The van der Waals surface area contributed by atoms with Crippen molar-refractivity contribution in [2.24, 2.45) is 0 Å². The number of fused-ring (bicyclic) bond motifs is 1. The Kier molecular flexibility index (Phi) is 2.44. The van der Waals surface area contributed by atoms with Crippen LogP contribution in [0.25, 0.3) is 11.0 Å². The number of para-hydroxylation sites is 2. The zero-order valence-electron chi connectivity index (χ0n) is 9.27. The van der Waals surface area contributed by atoms with Gasteiger partial charge in [0.05, 0.1) is 17.6 Å². The first kappa shape index (κ1) is 10.1. The number of hydrogen-bond acceptors (Lipinski definition) is 3. The number of aryl methyl sites for hydroxylation is 1. The third-order valence-electron chi connectivity index (χ3n) is 2.89. The minimum absolute atomic E-state index is 0.0317. The highest BCUT2D eigenvalue weighted by Crippen LogP contribution is 2.13. The van der Waals surface area contributed by atoms with E-state index >= 15 is 0 Å². The van der Waals surface area contributed by atoms with Crippen molar-refractivity contribution in [3.8, 4) is 0 Å². The maximum absolute atomic E-state index is 10.8. The molecule has 1 atom stereocenters. The lowest BCUT2D eigenvalue weighted by Crippen LogP contribution is -2.15. The molecule has 5 nitrogen and oxygen atoms in total. The van der Waals surface area contributed by atoms with Gasteiger partial charge >= 0.3 is 6.09 Å². The van der Waals surface area contributed by atoms with Gasteiger partial charge in [-0.25, -0.2) is 9.78 Å². The second-order valence-electron chi connectivity index (χ2n) is 4.15. The van der Waals surface area contributed by atoms with Gasteiger partial charge in [0.1, 0.15) is 11.9 Å². The van der Waals surface area contributed by atoms with E-state index in [-0.39, 0.29) is 12.2 Å². The molecule has 1 aromatic heterocycles. The third kappa shape index (κ3) is 2.08. The van der Waals surface area contributed by atoms with E-state index in [9.17, 15) is 4.79 Å². The van der Waals surface area contributed by atoms with Crippen molar-refractivity contribution in [2.45, 2.75) is 18.9 Å². The van der Waals surface area contributed by atoms with Crippen LogP contribution in [0.4, 0.5) is 4.79 Å². The first-order valence-electron chi connectivity index (χ1n) is 5.69. The van der Waals surface area contributed by atoms with E-state index in [1.165, 1.54) is 0 Å². The maximum atomic E-state index is 10.8. The van der Waals surface area contributed by atoms with Gasteiger partial charge in [-0.2, -0.15) is 0 Å². The van der Waals surface area contributed by atoms with E-state index in [2.05, 4.69) is 15.3 Å². The molecule has 1 unspecified atom stereocenters. The van der Waals surface area contributed by atoms with E-state index in [0.717, 1.165) is 29.7 Å². The number of rotatable bonds is 3. The van der Waals surface area contributed by atoms with Gasteiger partial charge in [-0.15, -0.1) is 0 Å². The molecule has 0 spiro atoms. The van der Waals surface area contributed by atoms with Gasteiger partial charge in [0.25, 0.3) is 0 Å². The number of ether oxygens (including phenoxy) is 1. The molecule has 88 valence electrons. The molecule has 1 amide bonds. The van der Waals surface area contributed by atoms with E-state index in [0.29, 0.717) is 6.54 Å². The second-order valence-corrected chi connectivity index (χ2v) is 4.15. The molecule has 1 fully saturated rings. The van der Waals surface area contributed by atoms with Crippen LogP contribution in [0.1, 0.15) is 12.2 Å². The minimum Gasteiger partial charge on any atom is -0.444 e. The number of amides is 1. The number of cyclic esters (lactones) is 1. The SMILES string of the molecule is O=C1NCC(CCc2nc3ccccc3[nH]2)O1. The lowest BCUT2D eigenvalue weighted by Gasteiger charge is -2.04. The van der Waals surface area contributed by atoms with Gasteiger partial charge in [0, 0.05) is 6.42 Å². The van der Waals surface area contributed by atoms with Crippen LogP contribution in [0.2, 0.25) is 0 Å². The van der Waals surface area contributed by atoms with Crippen LogP contribution < -0.4 is 5.32 Å². The fourth-order valence-corrected chi connectivity index (χ4v) is 2.01. The Morgan fingerprint density at radius 3 is 3.06 bits per heavy atom. The molecule has 0 saturated carbocycles. The Morgan fingerprint density at radius 1 is 1.41 bits per heavy atom. The largest absolute Gasteiger partial charge is 0.444 e. The lowest BCUT2D eigenvalue weighted by atomic mass is 10.2. The van der Waals surface area contributed by atoms with Gasteiger partial charge in [-0.3, -0.25) is 0 Å². The Balaban J connectivity index is 1.66. The first-order valence-corrected chi connectivity index (χ1v) is 5.69. The molecule has 0 bridgehead atoms. The summed E-state index contributed by atoms with van der Waals surface area (Å²) >= 11 is 0. The Hall–Kier alpha value is -2.04. The topological polar surface area (TPSA) is 67.0 Å². The zero-order valence-corrected chi connectivity index (χ0v) is 9.27. The van der Waals surface area contributed by atoms with E-state index in [1.807, 2.05) is 24.3 Å². The molecule has 0 aliphatic carbocycles. The summed E-state index contributed by atoms with van der Waals surface area (Å²) in [6.45, 7) is 0.596. The number of aromatic nitrogens is 2. The molecular weight excluding hydrogens is 218 g/mol. The highest BCUT2D eigenvalue weighted by molar-refractivity contribution is 5.74. The summed E-state index contributed by atoms with van der Waals surface area (Å²) in [5.74, 6) is 0.939. The maximum Gasteiger partial charge on any atom is 0.407 e. The number of nitrogens with zero attached hydrogens (tertiary/aromatic N) is 1. The van der Waals surface area contributed by atoms with Crippen LogP contribution in [0.5, 0.6) is 0 Å². The van der Waals surface area contributed by atoms with Crippen LogP contribution in [0, 0.1) is 0 Å². The summed E-state index contributed by atoms with van der Waals surface area (Å²) in [6.07, 6.45) is 1.22. The molecular formula is C12H13N3O2. The van der Waals surface area contributed by atoms with E-state index in [4.69, 9.17) is 4.74 Å². The predicted molar refractivity (Wildman–Crippen MR) is 62.7 cm³/mol. The van der Waals surface area contributed by atoms with Crippen molar-refractivity contribution in [3.05, 3.63) is 30.1 Å². The van der Waals surface area contributed by atoms with Gasteiger partial charge in [-0.1, -0.05) is 12.1 Å². The molecule has 17 heavy (non-hydrogen) atoms. The monoisotopic (exact) mass is 231 g/mol. The summed E-state index contributed by atoms with van der Waals surface area (Å²) in [6, 6.07) is 7.93. The Bertz CT molecular complexity index is 516. The van der Waals surface area contributed by atoms with Crippen molar-refractivity contribution in [1.82, 2.24) is 15.3 Å². The fourth-order valence-electron chi connectivity index (χ4n) is 2.01. The number of nitrogens with one attached hydrogen (secondary N) is 2. The number of H-pyrrole nitrogens is 1. The average molecular weight is 231 g/mol. The molecule has 0 radical (unpaired) electrons. The highest BCUT2D eigenvalue weighted by atomic mass is 16.6. The number of aromatic amines is 1. The van der Waals surface area contributed by atoms with Crippen molar-refractivity contribution in [3.63, 3.8) is 0 Å². The second kappa shape index (κ2) is 4.08. The Morgan fingerprint density at radius 2 is 2.29 bits per heavy atom.